The minimum absolute atomic E-state index is 0.188. The fourth-order valence-electron chi connectivity index (χ4n) is 1.63. The lowest BCUT2D eigenvalue weighted by molar-refractivity contribution is -0.678. The first-order valence-electron chi connectivity index (χ1n) is 5.40. The van der Waals surface area contributed by atoms with E-state index in [2.05, 4.69) is 11.5 Å². The van der Waals surface area contributed by atoms with E-state index in [-0.39, 0.29) is 6.42 Å². The lowest BCUT2D eigenvalue weighted by Gasteiger charge is -2.00. The standard InChI is InChI=1S/C11H18N2O2/c1-3-4-5-10-12(2)8-9-13(10)7-6-11(14)15/h8-9H,3-7H2,1-2H3/p+1. The summed E-state index contributed by atoms with van der Waals surface area (Å²) in [4.78, 5) is 10.5. The number of nitrogens with zero attached hydrogens (tertiary/aromatic N) is 2. The predicted molar refractivity (Wildman–Crippen MR) is 56.5 cm³/mol. The lowest BCUT2D eigenvalue weighted by atomic mass is 10.2. The van der Waals surface area contributed by atoms with Crippen molar-refractivity contribution in [2.45, 2.75) is 39.2 Å². The van der Waals surface area contributed by atoms with Crippen LogP contribution in [0.25, 0.3) is 0 Å². The van der Waals surface area contributed by atoms with Crippen molar-refractivity contribution in [3.8, 4) is 0 Å². The lowest BCUT2D eigenvalue weighted by Crippen LogP contribution is -2.32. The van der Waals surface area contributed by atoms with Crippen LogP contribution >= 0.6 is 0 Å². The third kappa shape index (κ3) is 3.38. The van der Waals surface area contributed by atoms with E-state index in [9.17, 15) is 4.79 Å². The maximum atomic E-state index is 10.5. The van der Waals surface area contributed by atoms with Crippen molar-refractivity contribution in [2.75, 3.05) is 0 Å². The Morgan fingerprint density at radius 3 is 2.93 bits per heavy atom. The maximum absolute atomic E-state index is 10.5. The van der Waals surface area contributed by atoms with Gasteiger partial charge in [0.2, 0.25) is 0 Å². The average molecular weight is 211 g/mol. The number of carboxylic acid groups (broad SMARTS) is 1. The zero-order valence-electron chi connectivity index (χ0n) is 9.44. The SMILES string of the molecule is CCCCc1n(CCC(=O)O)cc[n+]1C. The van der Waals surface area contributed by atoms with Gasteiger partial charge in [-0.05, 0) is 6.42 Å². The molecule has 0 aliphatic rings. The van der Waals surface area contributed by atoms with Gasteiger partial charge >= 0.3 is 5.97 Å². The van der Waals surface area contributed by atoms with Crippen molar-refractivity contribution >= 4 is 5.97 Å². The minimum Gasteiger partial charge on any atom is -0.481 e. The summed E-state index contributed by atoms with van der Waals surface area (Å²) in [7, 11) is 2.00. The molecule has 0 saturated carbocycles. The van der Waals surface area contributed by atoms with Crippen LogP contribution in [-0.2, 0) is 24.8 Å². The smallest absolute Gasteiger partial charge is 0.307 e. The summed E-state index contributed by atoms with van der Waals surface area (Å²) in [6, 6.07) is 0. The molecule has 1 aromatic rings. The highest BCUT2D eigenvalue weighted by Crippen LogP contribution is 2.02. The molecule has 0 spiro atoms. The molecule has 4 heteroatoms. The highest BCUT2D eigenvalue weighted by atomic mass is 16.4. The fourth-order valence-corrected chi connectivity index (χ4v) is 1.63. The van der Waals surface area contributed by atoms with Crippen LogP contribution in [0.1, 0.15) is 32.0 Å². The number of carboxylic acids is 1. The van der Waals surface area contributed by atoms with Gasteiger partial charge in [0.1, 0.15) is 18.9 Å². The summed E-state index contributed by atoms with van der Waals surface area (Å²) < 4.78 is 4.10. The summed E-state index contributed by atoms with van der Waals surface area (Å²) in [5.74, 6) is 0.464. The van der Waals surface area contributed by atoms with Gasteiger partial charge in [0, 0.05) is 6.42 Å². The average Bonchev–Trinajstić information content (AvgIpc) is 2.53. The van der Waals surface area contributed by atoms with Gasteiger partial charge in [0.05, 0.1) is 13.5 Å². The third-order valence-corrected chi connectivity index (χ3v) is 2.53. The molecule has 0 radical (unpaired) electrons. The second-order valence-electron chi connectivity index (χ2n) is 3.77. The first kappa shape index (κ1) is 11.8. The molecule has 0 bridgehead atoms. The number of aliphatic carboxylic acids is 1. The largest absolute Gasteiger partial charge is 0.481 e. The van der Waals surface area contributed by atoms with Crippen LogP contribution in [0.3, 0.4) is 0 Å². The summed E-state index contributed by atoms with van der Waals surface area (Å²) in [6.07, 6.45) is 7.43. The van der Waals surface area contributed by atoms with Crippen molar-refractivity contribution in [3.63, 3.8) is 0 Å². The van der Waals surface area contributed by atoms with E-state index in [1.165, 1.54) is 5.82 Å². The predicted octanol–water partition coefficient (Wildman–Crippen LogP) is 1.13. The van der Waals surface area contributed by atoms with Crippen LogP contribution in [-0.4, -0.2) is 15.6 Å². The quantitative estimate of drug-likeness (QED) is 0.717. The molecule has 0 unspecified atom stereocenters. The number of hydrogen-bond donors (Lipinski definition) is 1. The summed E-state index contributed by atoms with van der Waals surface area (Å²) >= 11 is 0. The second kappa shape index (κ2) is 5.53. The summed E-state index contributed by atoms with van der Waals surface area (Å²) in [6.45, 7) is 2.72. The van der Waals surface area contributed by atoms with Crippen LogP contribution in [0.15, 0.2) is 12.4 Å². The van der Waals surface area contributed by atoms with Crippen LogP contribution in [0, 0.1) is 0 Å². The first-order valence-corrected chi connectivity index (χ1v) is 5.40. The molecule has 1 N–H and O–H groups in total. The van der Waals surface area contributed by atoms with Crippen LogP contribution in [0.4, 0.5) is 0 Å². The minimum atomic E-state index is -0.743. The molecule has 1 heterocycles. The molecular weight excluding hydrogens is 192 g/mol. The number of aryl methyl sites for hydroxylation is 2. The van der Waals surface area contributed by atoms with Crippen LogP contribution in [0.2, 0.25) is 0 Å². The number of carbonyl (C=O) groups is 1. The number of rotatable bonds is 6. The molecule has 0 fully saturated rings. The van der Waals surface area contributed by atoms with Gasteiger partial charge in [-0.2, -0.15) is 0 Å². The number of aromatic nitrogens is 2. The number of unbranched alkanes of at least 4 members (excludes halogenated alkanes) is 1. The van der Waals surface area contributed by atoms with Crippen molar-refractivity contribution < 1.29 is 14.5 Å². The molecule has 4 nitrogen and oxygen atoms in total. The molecule has 1 rings (SSSR count). The Morgan fingerprint density at radius 2 is 2.33 bits per heavy atom. The molecule has 0 aromatic carbocycles. The van der Waals surface area contributed by atoms with Crippen molar-refractivity contribution in [2.24, 2.45) is 7.05 Å². The van der Waals surface area contributed by atoms with E-state index < -0.39 is 5.97 Å². The van der Waals surface area contributed by atoms with Gasteiger partial charge in [0.15, 0.2) is 0 Å². The van der Waals surface area contributed by atoms with Gasteiger partial charge < -0.3 is 5.11 Å². The van der Waals surface area contributed by atoms with Crippen molar-refractivity contribution in [1.82, 2.24) is 4.57 Å². The van der Waals surface area contributed by atoms with Gasteiger partial charge in [-0.1, -0.05) is 13.3 Å². The van der Waals surface area contributed by atoms with Gasteiger partial charge in [-0.25, -0.2) is 9.13 Å². The molecule has 0 aliphatic carbocycles. The number of imidazole rings is 1. The third-order valence-electron chi connectivity index (χ3n) is 2.53. The monoisotopic (exact) mass is 211 g/mol. The zero-order chi connectivity index (χ0) is 11.3. The van der Waals surface area contributed by atoms with Crippen LogP contribution < -0.4 is 4.57 Å². The molecule has 0 saturated heterocycles. The molecule has 1 aromatic heterocycles. The van der Waals surface area contributed by atoms with E-state index in [1.54, 1.807) is 0 Å². The van der Waals surface area contributed by atoms with Gasteiger partial charge in [0.25, 0.3) is 5.82 Å². The van der Waals surface area contributed by atoms with Gasteiger partial charge in [-0.15, -0.1) is 0 Å². The number of hydrogen-bond acceptors (Lipinski definition) is 1. The molecule has 0 amide bonds. The summed E-state index contributed by atoms with van der Waals surface area (Å²) in [5, 5.41) is 8.63. The van der Waals surface area contributed by atoms with Gasteiger partial charge in [-0.3, -0.25) is 4.79 Å². The van der Waals surface area contributed by atoms with E-state index in [0.29, 0.717) is 6.54 Å². The van der Waals surface area contributed by atoms with Crippen LogP contribution in [0.5, 0.6) is 0 Å². The first-order chi connectivity index (χ1) is 7.15. The van der Waals surface area contributed by atoms with E-state index >= 15 is 0 Å². The molecule has 84 valence electrons. The Balaban J connectivity index is 2.65. The second-order valence-corrected chi connectivity index (χ2v) is 3.77. The normalized spacial score (nSPS) is 10.5. The maximum Gasteiger partial charge on any atom is 0.307 e. The van der Waals surface area contributed by atoms with E-state index in [1.807, 2.05) is 24.0 Å². The Bertz CT molecular complexity index is 331. The van der Waals surface area contributed by atoms with Crippen molar-refractivity contribution in [3.05, 3.63) is 18.2 Å². The van der Waals surface area contributed by atoms with E-state index in [4.69, 9.17) is 5.11 Å². The highest BCUT2D eigenvalue weighted by Gasteiger charge is 2.14. The Morgan fingerprint density at radius 1 is 1.60 bits per heavy atom. The van der Waals surface area contributed by atoms with E-state index in [0.717, 1.165) is 19.3 Å². The Labute approximate surface area is 90.2 Å². The molecule has 15 heavy (non-hydrogen) atoms. The fraction of sp³-hybridized carbons (Fsp3) is 0.636. The Hall–Kier alpha value is -1.32. The van der Waals surface area contributed by atoms with Crippen molar-refractivity contribution in [1.29, 1.82) is 0 Å². The molecule has 0 aliphatic heterocycles. The zero-order valence-corrected chi connectivity index (χ0v) is 9.44. The molecule has 0 atom stereocenters. The topological polar surface area (TPSA) is 46.1 Å². The highest BCUT2D eigenvalue weighted by molar-refractivity contribution is 5.66. The summed E-state index contributed by atoms with van der Waals surface area (Å²) in [5.41, 5.74) is 0. The molecular formula is C11H19N2O2+. The Kier molecular flexibility index (Phi) is 4.34.